The van der Waals surface area contributed by atoms with Gasteiger partial charge < -0.3 is 9.47 Å². The van der Waals surface area contributed by atoms with Crippen LogP contribution in [0.2, 0.25) is 0 Å². The van der Waals surface area contributed by atoms with Crippen molar-refractivity contribution in [2.75, 3.05) is 40.6 Å². The van der Waals surface area contributed by atoms with Crippen LogP contribution in [-0.2, 0) is 19.1 Å². The summed E-state index contributed by atoms with van der Waals surface area (Å²) in [5.74, 6) is -1.08. The predicted molar refractivity (Wildman–Crippen MR) is 86.1 cm³/mol. The van der Waals surface area contributed by atoms with E-state index in [9.17, 15) is 9.59 Å². The molecule has 0 saturated heterocycles. The Morgan fingerprint density at radius 2 is 1.18 bits per heavy atom. The molecule has 0 radical (unpaired) electrons. The van der Waals surface area contributed by atoms with E-state index in [-0.39, 0.29) is 13.5 Å². The van der Waals surface area contributed by atoms with Gasteiger partial charge in [0.05, 0.1) is 0 Å². The topological polar surface area (TPSA) is 59.1 Å². The van der Waals surface area contributed by atoms with Gasteiger partial charge in [-0.25, -0.2) is 9.59 Å². The van der Waals surface area contributed by atoms with Crippen LogP contribution in [0.3, 0.4) is 0 Å². The van der Waals surface area contributed by atoms with E-state index >= 15 is 0 Å². The van der Waals surface area contributed by atoms with Crippen molar-refractivity contribution in [1.29, 1.82) is 0 Å². The van der Waals surface area contributed by atoms with E-state index in [1.807, 2.05) is 23.9 Å². The summed E-state index contributed by atoms with van der Waals surface area (Å²) in [5, 5.41) is 0. The van der Waals surface area contributed by atoms with Crippen LogP contribution >= 0.6 is 0 Å². The highest BCUT2D eigenvalue weighted by Crippen LogP contribution is 1.95. The van der Waals surface area contributed by atoms with Gasteiger partial charge in [-0.3, -0.25) is 9.80 Å². The van der Waals surface area contributed by atoms with Crippen LogP contribution in [0.1, 0.15) is 39.5 Å². The molecular weight excluding hydrogens is 284 g/mol. The van der Waals surface area contributed by atoms with Gasteiger partial charge in [-0.05, 0) is 26.9 Å². The number of unbranched alkanes of at least 4 members (excludes halogenated alkanes) is 2. The van der Waals surface area contributed by atoms with Gasteiger partial charge in [-0.2, -0.15) is 0 Å². The maximum Gasteiger partial charge on any atom is 0.332 e. The molecule has 0 aliphatic rings. The lowest BCUT2D eigenvalue weighted by molar-refractivity contribution is -0.144. The van der Waals surface area contributed by atoms with Crippen molar-refractivity contribution in [2.24, 2.45) is 0 Å². The number of carbonyl (C=O) groups is 2. The summed E-state index contributed by atoms with van der Waals surface area (Å²) >= 11 is 0. The molecule has 0 N–H and O–H groups in total. The van der Waals surface area contributed by atoms with Crippen LogP contribution in [0.4, 0.5) is 0 Å². The minimum absolute atomic E-state index is 0.220. The average molecular weight is 314 g/mol. The Morgan fingerprint density at radius 3 is 1.50 bits per heavy atom. The summed E-state index contributed by atoms with van der Waals surface area (Å²) in [5.41, 5.74) is 0. The Kier molecular flexibility index (Phi) is 12.4. The van der Waals surface area contributed by atoms with Crippen molar-refractivity contribution in [3.8, 4) is 0 Å². The number of hydrogen-bond donors (Lipinski definition) is 0. The minimum Gasteiger partial charge on any atom is -0.446 e. The fourth-order valence-corrected chi connectivity index (χ4v) is 1.57. The number of carbonyl (C=O) groups excluding carboxylic acids is 2. The van der Waals surface area contributed by atoms with E-state index < -0.39 is 11.9 Å². The average Bonchev–Trinajstić information content (AvgIpc) is 2.52. The molecule has 0 aromatic heterocycles. The third-order valence-electron chi connectivity index (χ3n) is 3.00. The number of hydrogen-bond acceptors (Lipinski definition) is 6. The number of esters is 2. The molecule has 0 saturated carbocycles. The van der Waals surface area contributed by atoms with Gasteiger partial charge in [0, 0.05) is 25.2 Å². The molecule has 0 spiro atoms. The highest BCUT2D eigenvalue weighted by molar-refractivity contribution is 5.91. The Hall–Kier alpha value is -1.40. The molecule has 6 heteroatoms. The monoisotopic (exact) mass is 314 g/mol. The quantitative estimate of drug-likeness (QED) is 0.312. The number of nitrogens with zero attached hydrogens (tertiary/aromatic N) is 2. The lowest BCUT2D eigenvalue weighted by Crippen LogP contribution is -2.25. The lowest BCUT2D eigenvalue weighted by atomic mass is 10.3. The van der Waals surface area contributed by atoms with Crippen LogP contribution in [0.5, 0.6) is 0 Å². The van der Waals surface area contributed by atoms with E-state index in [2.05, 4.69) is 13.8 Å². The van der Waals surface area contributed by atoms with Gasteiger partial charge in [0.15, 0.2) is 0 Å². The van der Waals surface area contributed by atoms with Gasteiger partial charge in [-0.15, -0.1) is 0 Å². The zero-order valence-corrected chi connectivity index (χ0v) is 14.3. The molecule has 0 aromatic carbocycles. The van der Waals surface area contributed by atoms with E-state index in [0.29, 0.717) is 0 Å². The van der Waals surface area contributed by atoms with E-state index in [1.165, 1.54) is 0 Å². The first-order chi connectivity index (χ1) is 10.5. The lowest BCUT2D eigenvalue weighted by Gasteiger charge is -2.15. The third-order valence-corrected chi connectivity index (χ3v) is 3.00. The maximum absolute atomic E-state index is 11.5. The van der Waals surface area contributed by atoms with Gasteiger partial charge in [0.2, 0.25) is 0 Å². The van der Waals surface area contributed by atoms with Gasteiger partial charge in [0.25, 0.3) is 0 Å². The molecule has 0 aromatic rings. The second kappa shape index (κ2) is 13.3. The summed E-state index contributed by atoms with van der Waals surface area (Å²) in [7, 11) is 3.76. The highest BCUT2D eigenvalue weighted by atomic mass is 16.5. The van der Waals surface area contributed by atoms with Crippen LogP contribution in [-0.4, -0.2) is 62.4 Å². The molecule has 0 amide bonds. The number of ether oxygens (including phenoxy) is 2. The van der Waals surface area contributed by atoms with Crippen molar-refractivity contribution in [1.82, 2.24) is 9.80 Å². The molecule has 0 aliphatic heterocycles. The molecule has 0 aliphatic carbocycles. The summed E-state index contributed by atoms with van der Waals surface area (Å²) in [6, 6.07) is 0. The van der Waals surface area contributed by atoms with Crippen LogP contribution < -0.4 is 0 Å². The first-order valence-electron chi connectivity index (χ1n) is 7.88. The molecule has 0 unspecified atom stereocenters. The second-order valence-corrected chi connectivity index (χ2v) is 5.38. The molecule has 0 fully saturated rings. The Labute approximate surface area is 134 Å². The van der Waals surface area contributed by atoms with E-state index in [4.69, 9.17) is 9.47 Å². The molecule has 0 heterocycles. The number of rotatable bonds is 12. The Morgan fingerprint density at radius 1 is 0.818 bits per heavy atom. The first kappa shape index (κ1) is 20.6. The normalized spacial score (nSPS) is 11.4. The summed E-state index contributed by atoms with van der Waals surface area (Å²) < 4.78 is 10.0. The predicted octanol–water partition coefficient (Wildman–Crippen LogP) is 2.01. The zero-order chi connectivity index (χ0) is 16.8. The fraction of sp³-hybridized carbons (Fsp3) is 0.750. The minimum atomic E-state index is -0.542. The van der Waals surface area contributed by atoms with Crippen LogP contribution in [0, 0.1) is 0 Å². The fourth-order valence-electron chi connectivity index (χ4n) is 1.57. The molecule has 0 atom stereocenters. The van der Waals surface area contributed by atoms with Gasteiger partial charge >= 0.3 is 11.9 Å². The summed E-state index contributed by atoms with van der Waals surface area (Å²) in [6.45, 7) is 6.40. The molecule has 0 bridgehead atoms. The van der Waals surface area contributed by atoms with Crippen molar-refractivity contribution >= 4 is 11.9 Å². The molecule has 0 rings (SSSR count). The molecular formula is C16H30N2O4. The van der Waals surface area contributed by atoms with Crippen molar-refractivity contribution in [3.05, 3.63) is 12.2 Å². The molecule has 128 valence electrons. The van der Waals surface area contributed by atoms with E-state index in [1.54, 1.807) is 0 Å². The third kappa shape index (κ3) is 12.3. The molecule has 6 nitrogen and oxygen atoms in total. The van der Waals surface area contributed by atoms with E-state index in [0.717, 1.165) is 50.9 Å². The van der Waals surface area contributed by atoms with Gasteiger partial charge in [0.1, 0.15) is 13.5 Å². The van der Waals surface area contributed by atoms with Crippen molar-refractivity contribution < 1.29 is 19.1 Å². The SMILES string of the molecule is CCCCN(C)COC(=O)/C=C\C(=O)OCN(C)CCCC. The van der Waals surface area contributed by atoms with Crippen LogP contribution in [0.25, 0.3) is 0 Å². The smallest absolute Gasteiger partial charge is 0.332 e. The Bertz CT molecular complexity index is 313. The Balaban J connectivity index is 3.84. The first-order valence-corrected chi connectivity index (χ1v) is 7.88. The van der Waals surface area contributed by atoms with Gasteiger partial charge in [-0.1, -0.05) is 26.7 Å². The highest BCUT2D eigenvalue weighted by Gasteiger charge is 2.04. The maximum atomic E-state index is 11.5. The summed E-state index contributed by atoms with van der Waals surface area (Å²) in [4.78, 5) is 26.7. The van der Waals surface area contributed by atoms with Crippen molar-refractivity contribution in [2.45, 2.75) is 39.5 Å². The zero-order valence-electron chi connectivity index (χ0n) is 14.3. The molecule has 22 heavy (non-hydrogen) atoms. The standard InChI is InChI=1S/C16H30N2O4/c1-5-7-11-17(3)13-21-15(19)9-10-16(20)22-14-18(4)12-8-6-2/h9-10H,5-8,11-14H2,1-4H3/b10-9-. The largest absolute Gasteiger partial charge is 0.446 e. The van der Waals surface area contributed by atoms with Crippen LogP contribution in [0.15, 0.2) is 12.2 Å². The summed E-state index contributed by atoms with van der Waals surface area (Å²) in [6.07, 6.45) is 6.50. The second-order valence-electron chi connectivity index (χ2n) is 5.38. The van der Waals surface area contributed by atoms with Crippen molar-refractivity contribution in [3.63, 3.8) is 0 Å².